The van der Waals surface area contributed by atoms with E-state index in [9.17, 15) is 13.2 Å². The predicted molar refractivity (Wildman–Crippen MR) is 187 cm³/mol. The molecule has 0 bridgehead atoms. The lowest BCUT2D eigenvalue weighted by Crippen LogP contribution is -2.32. The highest BCUT2D eigenvalue weighted by Crippen LogP contribution is 2.37. The smallest absolute Gasteiger partial charge is 0.321 e. The molecule has 0 unspecified atom stereocenters. The fraction of sp³-hybridized carbons (Fsp3) is 0.324. The van der Waals surface area contributed by atoms with Crippen molar-refractivity contribution in [1.29, 1.82) is 0 Å². The summed E-state index contributed by atoms with van der Waals surface area (Å²) < 4.78 is 37.0. The van der Waals surface area contributed by atoms with E-state index in [1.807, 2.05) is 37.3 Å². The summed E-state index contributed by atoms with van der Waals surface area (Å²) in [4.78, 5) is 15.4. The minimum absolute atomic E-state index is 0.0904. The summed E-state index contributed by atoms with van der Waals surface area (Å²) in [5.74, 6) is 1.23. The van der Waals surface area contributed by atoms with Crippen LogP contribution in [0.15, 0.2) is 83.8 Å². The molecule has 4 aromatic carbocycles. The molecule has 0 saturated carbocycles. The Balaban J connectivity index is 1.47. The second kappa shape index (κ2) is 13.6. The average Bonchev–Trinajstić information content (AvgIpc) is 3.35. The van der Waals surface area contributed by atoms with Gasteiger partial charge < -0.3 is 19.5 Å². The normalized spacial score (nSPS) is 11.9. The van der Waals surface area contributed by atoms with Crippen molar-refractivity contribution in [3.63, 3.8) is 0 Å². The SMILES string of the molecule is CCN(CC)S(=O)(=O)c1ccc(Oc2cc(C)ccc2C(C)C)c(NC(=O)N(C)Cc2ccc3c(c2)c2ccccc2n3CC)c1. The number of ether oxygens (including phenoxy) is 1. The van der Waals surface area contributed by atoms with Crippen molar-refractivity contribution < 1.29 is 17.9 Å². The molecule has 0 aliphatic heterocycles. The molecule has 0 spiro atoms. The summed E-state index contributed by atoms with van der Waals surface area (Å²) in [5, 5.41) is 5.28. The number of carbonyl (C=O) groups is 1. The minimum Gasteiger partial charge on any atom is -0.455 e. The zero-order valence-corrected chi connectivity index (χ0v) is 28.6. The average molecular weight is 641 g/mol. The van der Waals surface area contributed by atoms with E-state index >= 15 is 0 Å². The van der Waals surface area contributed by atoms with Crippen molar-refractivity contribution in [3.8, 4) is 11.5 Å². The van der Waals surface area contributed by atoms with Crippen LogP contribution in [0.4, 0.5) is 10.5 Å². The van der Waals surface area contributed by atoms with E-state index in [1.165, 1.54) is 27.3 Å². The number of fused-ring (bicyclic) bond motifs is 3. The van der Waals surface area contributed by atoms with Crippen LogP contribution in [-0.2, 0) is 23.1 Å². The topological polar surface area (TPSA) is 83.9 Å². The van der Waals surface area contributed by atoms with Gasteiger partial charge in [-0.1, -0.05) is 64.1 Å². The molecule has 242 valence electrons. The molecule has 9 heteroatoms. The maximum atomic E-state index is 13.7. The van der Waals surface area contributed by atoms with E-state index in [2.05, 4.69) is 61.0 Å². The number of sulfonamides is 1. The first-order valence-electron chi connectivity index (χ1n) is 15.9. The van der Waals surface area contributed by atoms with Gasteiger partial charge in [-0.3, -0.25) is 0 Å². The highest BCUT2D eigenvalue weighted by molar-refractivity contribution is 7.89. The number of urea groups is 1. The number of benzene rings is 4. The zero-order chi connectivity index (χ0) is 33.2. The number of hydrogen-bond donors (Lipinski definition) is 1. The molecular formula is C37H44N4O4S. The molecule has 0 atom stereocenters. The molecule has 0 saturated heterocycles. The summed E-state index contributed by atoms with van der Waals surface area (Å²) in [5.41, 5.74) is 5.65. The van der Waals surface area contributed by atoms with Gasteiger partial charge in [-0.05, 0) is 78.9 Å². The number of para-hydroxylation sites is 1. The molecule has 2 amide bonds. The van der Waals surface area contributed by atoms with Gasteiger partial charge in [0.05, 0.1) is 10.6 Å². The molecule has 1 heterocycles. The zero-order valence-electron chi connectivity index (χ0n) is 27.8. The number of rotatable bonds is 11. The Morgan fingerprint density at radius 1 is 0.870 bits per heavy atom. The van der Waals surface area contributed by atoms with Crippen molar-refractivity contribution in [3.05, 3.63) is 95.6 Å². The molecule has 0 fully saturated rings. The third-order valence-electron chi connectivity index (χ3n) is 8.47. The molecule has 46 heavy (non-hydrogen) atoms. The molecule has 0 aliphatic rings. The highest BCUT2D eigenvalue weighted by atomic mass is 32.2. The third kappa shape index (κ3) is 6.48. The summed E-state index contributed by atoms with van der Waals surface area (Å²) in [6.07, 6.45) is 0. The van der Waals surface area contributed by atoms with Crippen LogP contribution in [-0.4, -0.2) is 48.4 Å². The largest absolute Gasteiger partial charge is 0.455 e. The molecule has 5 aromatic rings. The second-order valence-corrected chi connectivity index (χ2v) is 13.9. The summed E-state index contributed by atoms with van der Waals surface area (Å²) in [7, 11) is -2.05. The van der Waals surface area contributed by atoms with Crippen molar-refractivity contribution in [2.75, 3.05) is 25.5 Å². The predicted octanol–water partition coefficient (Wildman–Crippen LogP) is 8.73. The highest BCUT2D eigenvalue weighted by Gasteiger charge is 2.25. The Hall–Kier alpha value is -4.34. The fourth-order valence-corrected chi connectivity index (χ4v) is 7.48. The first-order chi connectivity index (χ1) is 22.0. The van der Waals surface area contributed by atoms with Gasteiger partial charge in [0.25, 0.3) is 0 Å². The lowest BCUT2D eigenvalue weighted by Gasteiger charge is -2.22. The van der Waals surface area contributed by atoms with E-state index < -0.39 is 10.0 Å². The Morgan fingerprint density at radius 2 is 1.59 bits per heavy atom. The number of anilines is 1. The van der Waals surface area contributed by atoms with Gasteiger partial charge >= 0.3 is 6.03 Å². The van der Waals surface area contributed by atoms with E-state index in [-0.39, 0.29) is 22.5 Å². The van der Waals surface area contributed by atoms with Crippen molar-refractivity contribution in [1.82, 2.24) is 13.8 Å². The number of aryl methyl sites for hydroxylation is 2. The Kier molecular flexibility index (Phi) is 9.74. The molecule has 1 aromatic heterocycles. The molecule has 0 aliphatic carbocycles. The fourth-order valence-electron chi connectivity index (χ4n) is 5.99. The standard InChI is InChI=1S/C37H44N4O4S/c1-8-40(9-2)46(43,44)28-17-20-35(45-36-21-26(6)15-18-29(36)25(4)5)32(23-28)38-37(42)39(7)24-27-16-19-34-31(22-27)30-13-11-12-14-33(30)41(34)10-3/h11-23,25H,8-10,24H2,1-7H3,(H,38,42). The van der Waals surface area contributed by atoms with Gasteiger partial charge in [0.15, 0.2) is 5.75 Å². The van der Waals surface area contributed by atoms with Gasteiger partial charge in [0, 0.05) is 55.0 Å². The van der Waals surface area contributed by atoms with Gasteiger partial charge in [-0.15, -0.1) is 0 Å². The number of nitrogens with zero attached hydrogens (tertiary/aromatic N) is 3. The summed E-state index contributed by atoms with van der Waals surface area (Å²) in [6.45, 7) is 13.8. The molecule has 8 nitrogen and oxygen atoms in total. The number of nitrogens with one attached hydrogen (secondary N) is 1. The summed E-state index contributed by atoms with van der Waals surface area (Å²) >= 11 is 0. The van der Waals surface area contributed by atoms with Crippen molar-refractivity contribution in [2.45, 2.75) is 65.4 Å². The van der Waals surface area contributed by atoms with Crippen LogP contribution >= 0.6 is 0 Å². The first kappa shape index (κ1) is 33.0. The lowest BCUT2D eigenvalue weighted by atomic mass is 10.0. The molecule has 5 rings (SSSR count). The quantitative estimate of drug-likeness (QED) is 0.157. The number of aromatic nitrogens is 1. The number of carbonyl (C=O) groups excluding carboxylic acids is 1. The van der Waals surface area contributed by atoms with Crippen LogP contribution in [0.2, 0.25) is 0 Å². The van der Waals surface area contributed by atoms with Crippen LogP contribution in [0.25, 0.3) is 21.8 Å². The van der Waals surface area contributed by atoms with Gasteiger partial charge in [0.1, 0.15) is 5.75 Å². The van der Waals surface area contributed by atoms with Crippen LogP contribution in [0.5, 0.6) is 11.5 Å². The van der Waals surface area contributed by atoms with Crippen LogP contribution in [0.1, 0.15) is 57.2 Å². The molecule has 1 N–H and O–H groups in total. The monoisotopic (exact) mass is 640 g/mol. The first-order valence-corrected chi connectivity index (χ1v) is 17.4. The molecular weight excluding hydrogens is 596 g/mol. The third-order valence-corrected chi connectivity index (χ3v) is 10.5. The van der Waals surface area contributed by atoms with E-state index in [0.717, 1.165) is 34.1 Å². The van der Waals surface area contributed by atoms with Crippen molar-refractivity contribution >= 4 is 43.5 Å². The van der Waals surface area contributed by atoms with Gasteiger partial charge in [-0.2, -0.15) is 4.31 Å². The van der Waals surface area contributed by atoms with E-state index in [4.69, 9.17) is 4.74 Å². The number of hydrogen-bond acceptors (Lipinski definition) is 4. The molecule has 0 radical (unpaired) electrons. The Morgan fingerprint density at radius 3 is 2.28 bits per heavy atom. The Labute approximate surface area is 272 Å². The van der Waals surface area contributed by atoms with Gasteiger partial charge in [-0.25, -0.2) is 13.2 Å². The Bertz CT molecular complexity index is 1990. The van der Waals surface area contributed by atoms with Crippen LogP contribution in [0, 0.1) is 6.92 Å². The van der Waals surface area contributed by atoms with Crippen LogP contribution in [0.3, 0.4) is 0 Å². The summed E-state index contributed by atoms with van der Waals surface area (Å²) in [6, 6.07) is 25.0. The van der Waals surface area contributed by atoms with E-state index in [1.54, 1.807) is 31.9 Å². The number of amides is 2. The second-order valence-electron chi connectivity index (χ2n) is 11.9. The van der Waals surface area contributed by atoms with Crippen LogP contribution < -0.4 is 10.1 Å². The van der Waals surface area contributed by atoms with Crippen molar-refractivity contribution in [2.24, 2.45) is 0 Å². The minimum atomic E-state index is -3.77. The maximum Gasteiger partial charge on any atom is 0.321 e. The maximum absolute atomic E-state index is 13.7. The van der Waals surface area contributed by atoms with Gasteiger partial charge in [0.2, 0.25) is 10.0 Å². The lowest BCUT2D eigenvalue weighted by molar-refractivity contribution is 0.220. The van der Waals surface area contributed by atoms with E-state index in [0.29, 0.717) is 31.1 Å².